The standard InChI is InChI=1S/C10H18N2O4S/c1-7-6-17-5-3-12(7)10(16)11-8(2-4-13)9(14)15/h7-8,13H,2-6H2,1H3,(H,11,16)(H,14,15). The number of aliphatic carboxylic acids is 1. The van der Waals surface area contributed by atoms with Gasteiger partial charge in [-0.25, -0.2) is 9.59 Å². The molecular formula is C10H18N2O4S. The van der Waals surface area contributed by atoms with Crippen molar-refractivity contribution in [3.63, 3.8) is 0 Å². The van der Waals surface area contributed by atoms with E-state index in [0.29, 0.717) is 6.54 Å². The number of thioether (sulfide) groups is 1. The molecule has 17 heavy (non-hydrogen) atoms. The van der Waals surface area contributed by atoms with E-state index in [1.54, 1.807) is 16.7 Å². The monoisotopic (exact) mass is 262 g/mol. The number of carboxylic acid groups (broad SMARTS) is 1. The molecular weight excluding hydrogens is 244 g/mol. The van der Waals surface area contributed by atoms with Gasteiger partial charge < -0.3 is 20.4 Å². The SMILES string of the molecule is CC1CSCCN1C(=O)NC(CCO)C(=O)O. The highest BCUT2D eigenvalue weighted by atomic mass is 32.2. The molecule has 0 aromatic heterocycles. The van der Waals surface area contributed by atoms with Crippen LogP contribution in [-0.4, -0.2) is 63.9 Å². The second-order valence-electron chi connectivity index (χ2n) is 3.97. The maximum absolute atomic E-state index is 11.9. The lowest BCUT2D eigenvalue weighted by Gasteiger charge is -2.33. The minimum atomic E-state index is -1.12. The number of carboxylic acids is 1. The Balaban J connectivity index is 2.53. The normalized spacial score (nSPS) is 22.0. The van der Waals surface area contributed by atoms with Crippen molar-refractivity contribution in [3.05, 3.63) is 0 Å². The molecule has 98 valence electrons. The van der Waals surface area contributed by atoms with Gasteiger partial charge >= 0.3 is 12.0 Å². The van der Waals surface area contributed by atoms with Crippen LogP contribution in [0.1, 0.15) is 13.3 Å². The first-order chi connectivity index (χ1) is 8.06. The maximum Gasteiger partial charge on any atom is 0.326 e. The van der Waals surface area contributed by atoms with Crippen LogP contribution < -0.4 is 5.32 Å². The van der Waals surface area contributed by atoms with Crippen LogP contribution in [0.4, 0.5) is 4.79 Å². The molecule has 0 saturated carbocycles. The Labute approximate surface area is 104 Å². The second-order valence-corrected chi connectivity index (χ2v) is 5.12. The molecule has 0 aromatic rings. The van der Waals surface area contributed by atoms with Gasteiger partial charge in [0.2, 0.25) is 0 Å². The first-order valence-electron chi connectivity index (χ1n) is 5.54. The predicted molar refractivity (Wildman–Crippen MR) is 65.2 cm³/mol. The van der Waals surface area contributed by atoms with Gasteiger partial charge in [0, 0.05) is 37.1 Å². The van der Waals surface area contributed by atoms with Crippen molar-refractivity contribution in [2.24, 2.45) is 0 Å². The van der Waals surface area contributed by atoms with Crippen LogP contribution in [0.15, 0.2) is 0 Å². The van der Waals surface area contributed by atoms with Gasteiger partial charge in [-0.1, -0.05) is 0 Å². The first kappa shape index (κ1) is 14.1. The third-order valence-corrected chi connectivity index (χ3v) is 3.83. The number of amides is 2. The Bertz CT molecular complexity index is 287. The molecule has 2 atom stereocenters. The Morgan fingerprint density at radius 3 is 2.82 bits per heavy atom. The van der Waals surface area contributed by atoms with Gasteiger partial charge in [0.25, 0.3) is 0 Å². The van der Waals surface area contributed by atoms with Crippen molar-refractivity contribution >= 4 is 23.8 Å². The van der Waals surface area contributed by atoms with Crippen LogP contribution in [0.3, 0.4) is 0 Å². The zero-order chi connectivity index (χ0) is 12.8. The fraction of sp³-hybridized carbons (Fsp3) is 0.800. The topological polar surface area (TPSA) is 89.9 Å². The summed E-state index contributed by atoms with van der Waals surface area (Å²) in [6.45, 7) is 2.30. The Morgan fingerprint density at radius 2 is 2.29 bits per heavy atom. The van der Waals surface area contributed by atoms with Gasteiger partial charge in [-0.3, -0.25) is 0 Å². The maximum atomic E-state index is 11.9. The van der Waals surface area contributed by atoms with Gasteiger partial charge in [-0.15, -0.1) is 0 Å². The largest absolute Gasteiger partial charge is 0.480 e. The quantitative estimate of drug-likeness (QED) is 0.662. The summed E-state index contributed by atoms with van der Waals surface area (Å²) in [6.07, 6.45) is 0.0258. The smallest absolute Gasteiger partial charge is 0.326 e. The van der Waals surface area contributed by atoms with E-state index in [1.807, 2.05) is 6.92 Å². The van der Waals surface area contributed by atoms with Gasteiger partial charge in [-0.2, -0.15) is 11.8 Å². The van der Waals surface area contributed by atoms with Crippen LogP contribution >= 0.6 is 11.8 Å². The van der Waals surface area contributed by atoms with E-state index >= 15 is 0 Å². The third kappa shape index (κ3) is 4.08. The number of nitrogens with zero attached hydrogens (tertiary/aromatic N) is 1. The summed E-state index contributed by atoms with van der Waals surface area (Å²) >= 11 is 1.78. The summed E-state index contributed by atoms with van der Waals surface area (Å²) < 4.78 is 0. The highest BCUT2D eigenvalue weighted by molar-refractivity contribution is 7.99. The van der Waals surface area contributed by atoms with Crippen molar-refractivity contribution < 1.29 is 19.8 Å². The average molecular weight is 262 g/mol. The minimum absolute atomic E-state index is 0.0258. The van der Waals surface area contributed by atoms with Crippen molar-refractivity contribution in [2.75, 3.05) is 24.7 Å². The van der Waals surface area contributed by atoms with Crippen molar-refractivity contribution in [3.8, 4) is 0 Å². The van der Waals surface area contributed by atoms with Crippen molar-refractivity contribution in [1.82, 2.24) is 10.2 Å². The lowest BCUT2D eigenvalue weighted by atomic mass is 10.2. The number of nitrogens with one attached hydrogen (secondary N) is 1. The summed E-state index contributed by atoms with van der Waals surface area (Å²) in [5.74, 6) is 0.618. The Hall–Kier alpha value is -0.950. The van der Waals surface area contributed by atoms with E-state index in [9.17, 15) is 9.59 Å². The molecule has 1 aliphatic rings. The number of aliphatic hydroxyl groups is 1. The molecule has 1 saturated heterocycles. The number of hydrogen-bond donors (Lipinski definition) is 3. The molecule has 0 aliphatic carbocycles. The van der Waals surface area contributed by atoms with Crippen LogP contribution in [-0.2, 0) is 4.79 Å². The van der Waals surface area contributed by atoms with Crippen LogP contribution in [0, 0.1) is 0 Å². The highest BCUT2D eigenvalue weighted by Crippen LogP contribution is 2.16. The molecule has 1 rings (SSSR count). The van der Waals surface area contributed by atoms with Gasteiger partial charge in [0.05, 0.1) is 0 Å². The Morgan fingerprint density at radius 1 is 1.59 bits per heavy atom. The molecule has 0 bridgehead atoms. The zero-order valence-corrected chi connectivity index (χ0v) is 10.6. The van der Waals surface area contributed by atoms with E-state index in [1.165, 1.54) is 0 Å². The zero-order valence-electron chi connectivity index (χ0n) is 9.76. The van der Waals surface area contributed by atoms with Crippen molar-refractivity contribution in [2.45, 2.75) is 25.4 Å². The van der Waals surface area contributed by atoms with Crippen LogP contribution in [0.5, 0.6) is 0 Å². The summed E-state index contributed by atoms with van der Waals surface area (Å²) in [7, 11) is 0. The molecule has 6 nitrogen and oxygen atoms in total. The number of carbonyl (C=O) groups excluding carboxylic acids is 1. The van der Waals surface area contributed by atoms with Gasteiger partial charge in [0.15, 0.2) is 0 Å². The minimum Gasteiger partial charge on any atom is -0.480 e. The number of hydrogen-bond acceptors (Lipinski definition) is 4. The summed E-state index contributed by atoms with van der Waals surface area (Å²) in [5, 5.41) is 20.0. The first-order valence-corrected chi connectivity index (χ1v) is 6.70. The number of carbonyl (C=O) groups is 2. The molecule has 1 fully saturated rings. The molecule has 0 radical (unpaired) electrons. The van der Waals surface area contributed by atoms with Gasteiger partial charge in [0.1, 0.15) is 6.04 Å². The van der Waals surface area contributed by atoms with Crippen LogP contribution in [0.2, 0.25) is 0 Å². The molecule has 0 spiro atoms. The molecule has 7 heteroatoms. The molecule has 1 aliphatic heterocycles. The van der Waals surface area contributed by atoms with Gasteiger partial charge in [-0.05, 0) is 6.92 Å². The third-order valence-electron chi connectivity index (χ3n) is 2.64. The molecule has 2 unspecified atom stereocenters. The van der Waals surface area contributed by atoms with E-state index in [0.717, 1.165) is 11.5 Å². The van der Waals surface area contributed by atoms with Crippen LogP contribution in [0.25, 0.3) is 0 Å². The van der Waals surface area contributed by atoms with E-state index in [2.05, 4.69) is 5.32 Å². The summed E-state index contributed by atoms with van der Waals surface area (Å²) in [6, 6.07) is -1.27. The van der Waals surface area contributed by atoms with E-state index < -0.39 is 12.0 Å². The van der Waals surface area contributed by atoms with Crippen molar-refractivity contribution in [1.29, 1.82) is 0 Å². The fourth-order valence-corrected chi connectivity index (χ4v) is 2.66. The Kier molecular flexibility index (Phi) is 5.57. The average Bonchev–Trinajstić information content (AvgIpc) is 2.28. The predicted octanol–water partition coefficient (Wildman–Crippen LogP) is -0.0311. The summed E-state index contributed by atoms with van der Waals surface area (Å²) in [4.78, 5) is 24.3. The fourth-order valence-electron chi connectivity index (χ4n) is 1.65. The molecule has 0 aromatic carbocycles. The highest BCUT2D eigenvalue weighted by Gasteiger charge is 2.27. The number of aliphatic hydroxyl groups excluding tert-OH is 1. The lowest BCUT2D eigenvalue weighted by Crippen LogP contribution is -2.53. The summed E-state index contributed by atoms with van der Waals surface area (Å²) in [5.41, 5.74) is 0. The van der Waals surface area contributed by atoms with E-state index in [4.69, 9.17) is 10.2 Å². The number of rotatable bonds is 4. The second kappa shape index (κ2) is 6.70. The molecule has 3 N–H and O–H groups in total. The lowest BCUT2D eigenvalue weighted by molar-refractivity contribution is -0.139. The number of urea groups is 1. The van der Waals surface area contributed by atoms with E-state index in [-0.39, 0.29) is 25.1 Å². The molecule has 1 heterocycles. The molecule has 2 amide bonds.